The highest BCUT2D eigenvalue weighted by molar-refractivity contribution is 7.75. The van der Waals surface area contributed by atoms with E-state index in [4.69, 9.17) is 8.37 Å². The van der Waals surface area contributed by atoms with E-state index in [-0.39, 0.29) is 5.92 Å². The number of hydrogen-bond donors (Lipinski definition) is 2. The Morgan fingerprint density at radius 1 is 0.524 bits per heavy atom. The molecular formula is C38H46O2S2. The molecule has 2 unspecified atom stereocenters. The van der Waals surface area contributed by atoms with Crippen LogP contribution in [0.4, 0.5) is 0 Å². The summed E-state index contributed by atoms with van der Waals surface area (Å²) in [5.41, 5.74) is 9.24. The van der Waals surface area contributed by atoms with Gasteiger partial charge in [-0.1, -0.05) is 139 Å². The molecule has 0 aliphatic carbocycles. The van der Waals surface area contributed by atoms with Gasteiger partial charge < -0.3 is 8.37 Å². The molecule has 0 spiro atoms. The highest BCUT2D eigenvalue weighted by atomic mass is 32.1. The molecule has 222 valence electrons. The van der Waals surface area contributed by atoms with Gasteiger partial charge in [-0.05, 0) is 107 Å². The average molecular weight is 599 g/mol. The van der Waals surface area contributed by atoms with E-state index in [1.165, 1.54) is 39.8 Å². The van der Waals surface area contributed by atoms with Crippen molar-refractivity contribution in [1.82, 2.24) is 0 Å². The van der Waals surface area contributed by atoms with Gasteiger partial charge in [0.2, 0.25) is 0 Å². The van der Waals surface area contributed by atoms with Crippen LogP contribution in [0, 0.1) is 27.7 Å². The molecule has 4 heteroatoms. The Balaban J connectivity index is 1.83. The van der Waals surface area contributed by atoms with Crippen LogP contribution in [0.1, 0.15) is 94.9 Å². The summed E-state index contributed by atoms with van der Waals surface area (Å²) in [6.45, 7) is 9.28. The second-order valence-electron chi connectivity index (χ2n) is 11.9. The van der Waals surface area contributed by atoms with Crippen LogP contribution in [-0.4, -0.2) is 6.61 Å². The largest absolute Gasteiger partial charge is 0.319 e. The Kier molecular flexibility index (Phi) is 12.2. The monoisotopic (exact) mass is 598 g/mol. The van der Waals surface area contributed by atoms with Crippen molar-refractivity contribution in [3.63, 3.8) is 0 Å². The molecule has 0 fully saturated rings. The molecule has 0 radical (unpaired) electrons. The van der Waals surface area contributed by atoms with Gasteiger partial charge in [-0.15, -0.1) is 0 Å². The van der Waals surface area contributed by atoms with Crippen molar-refractivity contribution in [2.45, 2.75) is 83.7 Å². The second kappa shape index (κ2) is 15.8. The molecule has 2 atom stereocenters. The van der Waals surface area contributed by atoms with Crippen molar-refractivity contribution in [3.05, 3.63) is 142 Å². The van der Waals surface area contributed by atoms with Crippen LogP contribution in [-0.2, 0) is 14.0 Å². The Bertz CT molecular complexity index is 1300. The highest BCUT2D eigenvalue weighted by Gasteiger charge is 2.41. The molecular weight excluding hydrogens is 553 g/mol. The lowest BCUT2D eigenvalue weighted by Crippen LogP contribution is -2.32. The normalized spacial score (nSPS) is 13.2. The summed E-state index contributed by atoms with van der Waals surface area (Å²) >= 11 is 8.56. The molecule has 4 aromatic carbocycles. The highest BCUT2D eigenvalue weighted by Crippen LogP contribution is 2.49. The van der Waals surface area contributed by atoms with Crippen LogP contribution in [0.5, 0.6) is 0 Å². The first kappa shape index (κ1) is 32.4. The zero-order chi connectivity index (χ0) is 30.0. The molecule has 4 rings (SSSR count). The number of thiol groups is 2. The second-order valence-corrected chi connectivity index (χ2v) is 12.4. The summed E-state index contributed by atoms with van der Waals surface area (Å²) in [6, 6.07) is 35.8. The standard InChI is InChI=1S/C38H46O2S2/c1-28-10-18-32(19-11-28)36(9-7-5-6-8-26-39-41)37(33-20-12-29(2)13-21-33)27-38(40-42,34-22-14-30(3)15-23-34)35-24-16-31(4)17-25-35/h10-25,36-37,41-42H,5-9,26-27H2,1-4H3. The molecule has 0 aromatic heterocycles. The van der Waals surface area contributed by atoms with Gasteiger partial charge in [0.15, 0.2) is 0 Å². The van der Waals surface area contributed by atoms with Gasteiger partial charge >= 0.3 is 0 Å². The van der Waals surface area contributed by atoms with Crippen molar-refractivity contribution in [3.8, 4) is 0 Å². The Labute approximate surface area is 265 Å². The zero-order valence-corrected chi connectivity index (χ0v) is 27.3. The SMILES string of the molecule is Cc1ccc(C(CCCCCCOS)C(CC(OS)(c2ccc(C)cc2)c2ccc(C)cc2)c2ccc(C)cc2)cc1. The van der Waals surface area contributed by atoms with Gasteiger partial charge in [0, 0.05) is 0 Å². The summed E-state index contributed by atoms with van der Waals surface area (Å²) < 4.78 is 11.4. The van der Waals surface area contributed by atoms with Gasteiger partial charge in [0.25, 0.3) is 0 Å². The zero-order valence-electron chi connectivity index (χ0n) is 25.6. The number of aryl methyl sites for hydroxylation is 4. The van der Waals surface area contributed by atoms with Crippen LogP contribution in [0.2, 0.25) is 0 Å². The Hall–Kier alpha value is -2.50. The molecule has 0 aliphatic rings. The predicted molar refractivity (Wildman–Crippen MR) is 184 cm³/mol. The summed E-state index contributed by atoms with van der Waals surface area (Å²) in [5.74, 6) is 0.511. The van der Waals surface area contributed by atoms with E-state index >= 15 is 0 Å². The van der Waals surface area contributed by atoms with E-state index in [1.54, 1.807) is 0 Å². The van der Waals surface area contributed by atoms with Crippen molar-refractivity contribution < 1.29 is 8.37 Å². The average Bonchev–Trinajstić information content (AvgIpc) is 3.00. The fraction of sp³-hybridized carbons (Fsp3) is 0.368. The molecule has 0 N–H and O–H groups in total. The molecule has 0 amide bonds. The van der Waals surface area contributed by atoms with E-state index in [0.29, 0.717) is 12.5 Å². The van der Waals surface area contributed by atoms with E-state index in [9.17, 15) is 0 Å². The maximum atomic E-state index is 6.41. The fourth-order valence-corrected chi connectivity index (χ4v) is 6.52. The number of benzene rings is 4. The van der Waals surface area contributed by atoms with Crippen LogP contribution < -0.4 is 0 Å². The molecule has 42 heavy (non-hydrogen) atoms. The lowest BCUT2D eigenvalue weighted by atomic mass is 9.69. The van der Waals surface area contributed by atoms with E-state index in [2.05, 4.69) is 151 Å². The van der Waals surface area contributed by atoms with E-state index in [0.717, 1.165) is 43.2 Å². The van der Waals surface area contributed by atoms with E-state index in [1.807, 2.05) is 0 Å². The first-order valence-corrected chi connectivity index (χ1v) is 16.0. The lowest BCUT2D eigenvalue weighted by Gasteiger charge is -2.39. The summed E-state index contributed by atoms with van der Waals surface area (Å²) in [6.07, 6.45) is 6.36. The molecule has 0 bridgehead atoms. The maximum absolute atomic E-state index is 6.41. The summed E-state index contributed by atoms with van der Waals surface area (Å²) in [7, 11) is 0. The van der Waals surface area contributed by atoms with Crippen LogP contribution in [0.25, 0.3) is 0 Å². The minimum atomic E-state index is -0.729. The first-order valence-electron chi connectivity index (χ1n) is 15.2. The Morgan fingerprint density at radius 2 is 0.929 bits per heavy atom. The number of rotatable bonds is 15. The minimum Gasteiger partial charge on any atom is -0.319 e. The van der Waals surface area contributed by atoms with Crippen molar-refractivity contribution in [2.75, 3.05) is 6.61 Å². The Morgan fingerprint density at radius 3 is 1.36 bits per heavy atom. The molecule has 0 saturated heterocycles. The molecule has 0 heterocycles. The molecule has 4 aromatic rings. The molecule has 2 nitrogen and oxygen atoms in total. The third kappa shape index (κ3) is 8.32. The van der Waals surface area contributed by atoms with Gasteiger partial charge in [-0.2, -0.15) is 0 Å². The fourth-order valence-electron chi connectivity index (χ4n) is 6.10. The molecule has 0 aliphatic heterocycles. The third-order valence-corrected chi connectivity index (χ3v) is 9.19. The maximum Gasteiger partial charge on any atom is 0.133 e. The van der Waals surface area contributed by atoms with Crippen molar-refractivity contribution in [2.24, 2.45) is 0 Å². The van der Waals surface area contributed by atoms with Gasteiger partial charge in [0.1, 0.15) is 5.60 Å². The van der Waals surface area contributed by atoms with Crippen LogP contribution in [0.15, 0.2) is 97.1 Å². The van der Waals surface area contributed by atoms with Crippen LogP contribution in [0.3, 0.4) is 0 Å². The van der Waals surface area contributed by atoms with E-state index < -0.39 is 5.60 Å². The van der Waals surface area contributed by atoms with Gasteiger partial charge in [0.05, 0.1) is 6.61 Å². The smallest absolute Gasteiger partial charge is 0.133 e. The number of hydrogen-bond acceptors (Lipinski definition) is 4. The number of unbranched alkanes of at least 4 members (excludes halogenated alkanes) is 3. The van der Waals surface area contributed by atoms with Crippen LogP contribution >= 0.6 is 25.8 Å². The van der Waals surface area contributed by atoms with Gasteiger partial charge in [-0.3, -0.25) is 0 Å². The predicted octanol–water partition coefficient (Wildman–Crippen LogP) is 10.8. The summed E-state index contributed by atoms with van der Waals surface area (Å²) in [5, 5.41) is 0. The van der Waals surface area contributed by atoms with Gasteiger partial charge in [-0.25, -0.2) is 0 Å². The van der Waals surface area contributed by atoms with Crippen molar-refractivity contribution in [1.29, 1.82) is 0 Å². The lowest BCUT2D eigenvalue weighted by molar-refractivity contribution is 0.118. The quantitative estimate of drug-likeness (QED) is 0.0805. The molecule has 0 saturated carbocycles. The van der Waals surface area contributed by atoms with Crippen molar-refractivity contribution >= 4 is 25.8 Å². The minimum absolute atomic E-state index is 0.198. The first-order chi connectivity index (χ1) is 20.4. The summed E-state index contributed by atoms with van der Waals surface area (Å²) in [4.78, 5) is 0. The third-order valence-electron chi connectivity index (χ3n) is 8.70. The topological polar surface area (TPSA) is 18.5 Å².